The number of hydrogen-bond donors (Lipinski definition) is 2. The first kappa shape index (κ1) is 25.2. The van der Waals surface area contributed by atoms with Crippen molar-refractivity contribution in [2.75, 3.05) is 26.2 Å². The fraction of sp³-hybridized carbons (Fsp3) is 0.667. The topological polar surface area (TPSA) is 8.88 Å². The highest BCUT2D eigenvalue weighted by Gasteiger charge is 2.12. The highest BCUT2D eigenvalue weighted by Crippen LogP contribution is 2.13. The first-order valence-corrected chi connectivity index (χ1v) is 14.0. The predicted molar refractivity (Wildman–Crippen MR) is 139 cm³/mol. The quantitative estimate of drug-likeness (QED) is 0.464. The van der Waals surface area contributed by atoms with Crippen molar-refractivity contribution in [3.05, 3.63) is 60.0 Å². The van der Waals surface area contributed by atoms with E-state index in [1.807, 2.05) is 0 Å². The third kappa shape index (κ3) is 11.0. The molecule has 0 aromatic carbocycles. The molecule has 0 fully saturated rings. The van der Waals surface area contributed by atoms with Gasteiger partial charge in [0.25, 0.3) is 0 Å². The third-order valence-electron chi connectivity index (χ3n) is 7.35. The summed E-state index contributed by atoms with van der Waals surface area (Å²) in [6.45, 7) is 5.06. The van der Waals surface area contributed by atoms with Gasteiger partial charge in [-0.2, -0.15) is 0 Å². The van der Waals surface area contributed by atoms with Crippen LogP contribution >= 0.6 is 0 Å². The van der Waals surface area contributed by atoms with Gasteiger partial charge in [-0.15, -0.1) is 0 Å². The molecule has 0 saturated carbocycles. The van der Waals surface area contributed by atoms with E-state index in [9.17, 15) is 0 Å². The second kappa shape index (κ2) is 16.3. The Balaban J connectivity index is 1.39. The molecule has 178 valence electrons. The molecule has 3 heterocycles. The van der Waals surface area contributed by atoms with Crippen LogP contribution in [0, 0.1) is 0 Å². The molecule has 0 amide bonds. The summed E-state index contributed by atoms with van der Waals surface area (Å²) in [5, 5.41) is 0. The molecule has 0 radical (unpaired) electrons. The Morgan fingerprint density at radius 2 is 1.31 bits per heavy atom. The van der Waals surface area contributed by atoms with Gasteiger partial charge in [0.1, 0.15) is 13.1 Å². The highest BCUT2D eigenvalue weighted by molar-refractivity contribution is 5.21. The molecule has 0 spiro atoms. The van der Waals surface area contributed by atoms with Gasteiger partial charge in [0.2, 0.25) is 0 Å². The molecule has 0 aromatic rings. The van der Waals surface area contributed by atoms with Crippen LogP contribution in [0.15, 0.2) is 60.0 Å². The van der Waals surface area contributed by atoms with Crippen molar-refractivity contribution in [1.29, 1.82) is 0 Å². The van der Waals surface area contributed by atoms with Crippen molar-refractivity contribution in [2.24, 2.45) is 0 Å². The zero-order valence-electron chi connectivity index (χ0n) is 20.8. The van der Waals surface area contributed by atoms with Crippen LogP contribution in [0.25, 0.3) is 0 Å². The van der Waals surface area contributed by atoms with E-state index in [0.717, 1.165) is 6.42 Å². The predicted octanol–water partition coefficient (Wildman–Crippen LogP) is 5.48. The molecule has 3 aliphatic rings. The smallest absolute Gasteiger partial charge is 0.103 e. The lowest BCUT2D eigenvalue weighted by Gasteiger charge is -2.19. The highest BCUT2D eigenvalue weighted by atomic mass is 15.1. The molecular formula is C30H50N2+2. The molecule has 0 saturated heterocycles. The number of allylic oxidation sites excluding steroid dienone is 6. The molecule has 2 nitrogen and oxygen atoms in total. The monoisotopic (exact) mass is 438 g/mol. The number of rotatable bonds is 0. The van der Waals surface area contributed by atoms with Gasteiger partial charge in [-0.05, 0) is 75.5 Å². The maximum absolute atomic E-state index is 2.49. The lowest BCUT2D eigenvalue weighted by atomic mass is 10.0. The summed E-state index contributed by atoms with van der Waals surface area (Å²) in [6.07, 6.45) is 41.1. The van der Waals surface area contributed by atoms with E-state index < -0.39 is 0 Å². The Morgan fingerprint density at radius 1 is 0.625 bits per heavy atom. The van der Waals surface area contributed by atoms with E-state index in [1.54, 1.807) is 15.4 Å². The summed E-state index contributed by atoms with van der Waals surface area (Å²) in [7, 11) is 0. The van der Waals surface area contributed by atoms with E-state index in [4.69, 9.17) is 0 Å². The van der Waals surface area contributed by atoms with Crippen molar-refractivity contribution in [3.8, 4) is 0 Å². The summed E-state index contributed by atoms with van der Waals surface area (Å²) >= 11 is 0. The van der Waals surface area contributed by atoms with Gasteiger partial charge in [0.05, 0.1) is 25.5 Å². The summed E-state index contributed by atoms with van der Waals surface area (Å²) < 4.78 is 0. The Kier molecular flexibility index (Phi) is 12.8. The van der Waals surface area contributed by atoms with Crippen LogP contribution < -0.4 is 9.80 Å². The average Bonchev–Trinajstić information content (AvgIpc) is 2.81. The Bertz CT molecular complexity index is 652. The average molecular weight is 439 g/mol. The Hall–Kier alpha value is -1.38. The first-order chi connectivity index (χ1) is 15.9. The van der Waals surface area contributed by atoms with Gasteiger partial charge < -0.3 is 9.80 Å². The zero-order chi connectivity index (χ0) is 22.1. The van der Waals surface area contributed by atoms with E-state index in [-0.39, 0.29) is 0 Å². The summed E-state index contributed by atoms with van der Waals surface area (Å²) in [6, 6.07) is 0. The van der Waals surface area contributed by atoms with Gasteiger partial charge in [-0.25, -0.2) is 0 Å². The minimum Gasteiger partial charge on any atom is -0.305 e. The molecule has 3 aliphatic heterocycles. The molecule has 2 atom stereocenters. The lowest BCUT2D eigenvalue weighted by Crippen LogP contribution is -3.08. The molecule has 4 bridgehead atoms. The van der Waals surface area contributed by atoms with Crippen LogP contribution in [-0.4, -0.2) is 26.2 Å². The van der Waals surface area contributed by atoms with E-state index in [2.05, 4.69) is 48.9 Å². The number of nitrogens with one attached hydrogen (secondary N) is 2. The third-order valence-corrected chi connectivity index (χ3v) is 7.35. The second-order valence-corrected chi connectivity index (χ2v) is 10.3. The van der Waals surface area contributed by atoms with Gasteiger partial charge >= 0.3 is 0 Å². The van der Waals surface area contributed by atoms with Gasteiger partial charge in [0, 0.05) is 5.57 Å². The molecular weight excluding hydrogens is 388 g/mol. The normalized spacial score (nSPS) is 28.0. The minimum atomic E-state index is 1.11. The minimum absolute atomic E-state index is 1.11. The molecule has 2 heteroatoms. The number of hydrogen-bond acceptors (Lipinski definition) is 0. The maximum atomic E-state index is 2.49. The SMILES string of the molecule is C1=C[NH+]2CCCCCCCC=CCC3=C[NH+](CC=C3)CCCCCCCCCCC(=C1)C2. The Morgan fingerprint density at radius 3 is 2.12 bits per heavy atom. The van der Waals surface area contributed by atoms with Crippen LogP contribution in [-0.2, 0) is 0 Å². The Labute approximate surface area is 198 Å². The lowest BCUT2D eigenvalue weighted by molar-refractivity contribution is -0.842. The van der Waals surface area contributed by atoms with Crippen LogP contribution in [0.5, 0.6) is 0 Å². The molecule has 0 aliphatic carbocycles. The standard InChI is InChI=1S/C30H48N2/c1-3-7-11-15-23-31-25-18-22-30(28-31)20-14-10-6-2-4-8-12-16-24-32-26-17-21-29(27-32)19-13-9-5-1/h9,13,17-18,21-22,25,27H,1-8,10-12,14-16,19-20,23-24,26,28H2/p+2. The molecule has 0 aromatic heterocycles. The largest absolute Gasteiger partial charge is 0.305 e. The number of fused-ring (bicyclic) bond motifs is 3. The van der Waals surface area contributed by atoms with Gasteiger partial charge in [-0.3, -0.25) is 0 Å². The van der Waals surface area contributed by atoms with E-state index in [1.165, 1.54) is 128 Å². The van der Waals surface area contributed by atoms with Gasteiger partial charge in [0.15, 0.2) is 0 Å². The second-order valence-electron chi connectivity index (χ2n) is 10.3. The van der Waals surface area contributed by atoms with Gasteiger partial charge in [-0.1, -0.05) is 69.2 Å². The van der Waals surface area contributed by atoms with Crippen LogP contribution in [0.3, 0.4) is 0 Å². The van der Waals surface area contributed by atoms with Crippen LogP contribution in [0.2, 0.25) is 0 Å². The van der Waals surface area contributed by atoms with Crippen molar-refractivity contribution in [3.63, 3.8) is 0 Å². The zero-order valence-corrected chi connectivity index (χ0v) is 20.8. The number of quaternary nitrogens is 2. The maximum Gasteiger partial charge on any atom is 0.103 e. The summed E-state index contributed by atoms with van der Waals surface area (Å²) in [4.78, 5) is 3.34. The van der Waals surface area contributed by atoms with Crippen LogP contribution in [0.1, 0.15) is 103 Å². The molecule has 32 heavy (non-hydrogen) atoms. The van der Waals surface area contributed by atoms with Crippen LogP contribution in [0.4, 0.5) is 0 Å². The summed E-state index contributed by atoms with van der Waals surface area (Å²) in [5.41, 5.74) is 3.19. The van der Waals surface area contributed by atoms with Crippen molar-refractivity contribution >= 4 is 0 Å². The van der Waals surface area contributed by atoms with E-state index in [0.29, 0.717) is 0 Å². The summed E-state index contributed by atoms with van der Waals surface area (Å²) in [5.74, 6) is 0. The van der Waals surface area contributed by atoms with Crippen molar-refractivity contribution < 1.29 is 9.80 Å². The molecule has 2 N–H and O–H groups in total. The fourth-order valence-corrected chi connectivity index (χ4v) is 5.35. The molecule has 2 unspecified atom stereocenters. The fourth-order valence-electron chi connectivity index (χ4n) is 5.35. The van der Waals surface area contributed by atoms with E-state index >= 15 is 0 Å². The van der Waals surface area contributed by atoms with Crippen molar-refractivity contribution in [2.45, 2.75) is 103 Å². The molecule has 3 rings (SSSR count). The first-order valence-electron chi connectivity index (χ1n) is 14.0. The van der Waals surface area contributed by atoms with Crippen molar-refractivity contribution in [1.82, 2.24) is 0 Å².